The topological polar surface area (TPSA) is 23.6 Å². The van der Waals surface area contributed by atoms with Crippen LogP contribution in [0.4, 0.5) is 0 Å². The number of piperidine rings is 1. The lowest BCUT2D eigenvalue weighted by molar-refractivity contribution is -0.130. The Bertz CT molecular complexity index is 831. The molecule has 2 heterocycles. The van der Waals surface area contributed by atoms with Gasteiger partial charge in [-0.2, -0.15) is 0 Å². The first kappa shape index (κ1) is 18.2. The van der Waals surface area contributed by atoms with Crippen molar-refractivity contribution in [3.05, 3.63) is 70.8 Å². The van der Waals surface area contributed by atoms with Crippen LogP contribution in [0, 0.1) is 19.8 Å². The molecule has 0 spiro atoms. The number of likely N-dealkylation sites (tertiary alicyclic amines) is 2. The molecule has 3 atom stereocenters. The van der Waals surface area contributed by atoms with E-state index in [-0.39, 0.29) is 5.91 Å². The fourth-order valence-electron chi connectivity index (χ4n) is 5.09. The third-order valence-corrected chi connectivity index (χ3v) is 6.54. The fraction of sp³-hybridized carbons (Fsp3) is 0.458. The van der Waals surface area contributed by atoms with Gasteiger partial charge in [0, 0.05) is 51.0 Å². The van der Waals surface area contributed by atoms with Gasteiger partial charge in [0.15, 0.2) is 0 Å². The Hall–Kier alpha value is -2.13. The molecule has 2 saturated heterocycles. The number of hydrogen-bond acceptors (Lipinski definition) is 2. The Morgan fingerprint density at radius 2 is 1.89 bits per heavy atom. The normalized spacial score (nSPS) is 25.4. The van der Waals surface area contributed by atoms with Crippen molar-refractivity contribution >= 4 is 5.91 Å². The minimum atomic E-state index is 0.229. The zero-order chi connectivity index (χ0) is 19.0. The highest BCUT2D eigenvalue weighted by atomic mass is 16.2. The molecule has 0 aliphatic carbocycles. The maximum Gasteiger partial charge on any atom is 0.219 e. The number of rotatable bonds is 3. The number of hydrogen-bond donors (Lipinski definition) is 0. The van der Waals surface area contributed by atoms with Crippen LogP contribution >= 0.6 is 0 Å². The lowest BCUT2D eigenvalue weighted by Gasteiger charge is -2.39. The maximum absolute atomic E-state index is 12.3. The molecule has 3 nitrogen and oxygen atoms in total. The predicted molar refractivity (Wildman–Crippen MR) is 110 cm³/mol. The van der Waals surface area contributed by atoms with Gasteiger partial charge in [0.05, 0.1) is 0 Å². The van der Waals surface area contributed by atoms with E-state index in [1.54, 1.807) is 6.92 Å². The molecule has 3 heteroatoms. The van der Waals surface area contributed by atoms with Crippen LogP contribution in [0.1, 0.15) is 41.5 Å². The Kier molecular flexibility index (Phi) is 5.05. The number of nitrogens with zero attached hydrogens (tertiary/aromatic N) is 2. The molecule has 0 radical (unpaired) electrons. The monoisotopic (exact) mass is 362 g/mol. The summed E-state index contributed by atoms with van der Waals surface area (Å²) in [6, 6.07) is 18.0. The third-order valence-electron chi connectivity index (χ3n) is 6.54. The number of fused-ring (bicyclic) bond motifs is 1. The molecule has 2 fully saturated rings. The van der Waals surface area contributed by atoms with Gasteiger partial charge >= 0.3 is 0 Å². The van der Waals surface area contributed by atoms with Crippen molar-refractivity contribution < 1.29 is 4.79 Å². The molecule has 2 aromatic rings. The lowest BCUT2D eigenvalue weighted by Crippen LogP contribution is -2.47. The smallest absolute Gasteiger partial charge is 0.219 e. The van der Waals surface area contributed by atoms with E-state index in [9.17, 15) is 4.79 Å². The lowest BCUT2D eigenvalue weighted by atomic mass is 9.81. The number of benzene rings is 2. The van der Waals surface area contributed by atoms with E-state index >= 15 is 0 Å². The summed E-state index contributed by atoms with van der Waals surface area (Å²) in [5, 5.41) is 0. The molecule has 27 heavy (non-hydrogen) atoms. The van der Waals surface area contributed by atoms with Gasteiger partial charge in [-0.05, 0) is 37.0 Å². The first-order valence-electron chi connectivity index (χ1n) is 10.1. The second kappa shape index (κ2) is 7.47. The van der Waals surface area contributed by atoms with E-state index in [1.807, 2.05) is 0 Å². The van der Waals surface area contributed by atoms with Gasteiger partial charge in [0.25, 0.3) is 0 Å². The second-order valence-corrected chi connectivity index (χ2v) is 8.37. The van der Waals surface area contributed by atoms with Crippen molar-refractivity contribution in [2.24, 2.45) is 5.92 Å². The number of amides is 1. The fourth-order valence-corrected chi connectivity index (χ4v) is 5.09. The van der Waals surface area contributed by atoms with E-state index < -0.39 is 0 Å². The molecule has 1 amide bonds. The van der Waals surface area contributed by atoms with Gasteiger partial charge in [-0.25, -0.2) is 0 Å². The van der Waals surface area contributed by atoms with Gasteiger partial charge in [0.2, 0.25) is 5.91 Å². The molecule has 0 aromatic heterocycles. The highest BCUT2D eigenvalue weighted by molar-refractivity contribution is 5.74. The molecule has 2 aliphatic rings. The summed E-state index contributed by atoms with van der Waals surface area (Å²) in [4.78, 5) is 17.0. The van der Waals surface area contributed by atoms with Gasteiger partial charge in [-0.1, -0.05) is 54.1 Å². The molecule has 142 valence electrons. The highest BCUT2D eigenvalue weighted by Crippen LogP contribution is 2.42. The molecular weight excluding hydrogens is 332 g/mol. The van der Waals surface area contributed by atoms with Crippen molar-refractivity contribution in [3.63, 3.8) is 0 Å². The number of carbonyl (C=O) groups excluding carboxylic acids is 1. The van der Waals surface area contributed by atoms with Crippen molar-refractivity contribution in [1.29, 1.82) is 0 Å². The molecular formula is C24H30N2O. The van der Waals surface area contributed by atoms with Gasteiger partial charge in [-0.15, -0.1) is 0 Å². The van der Waals surface area contributed by atoms with Crippen LogP contribution in [0.15, 0.2) is 48.5 Å². The first-order valence-corrected chi connectivity index (χ1v) is 10.1. The largest absolute Gasteiger partial charge is 0.339 e. The zero-order valence-corrected chi connectivity index (χ0v) is 16.7. The Balaban J connectivity index is 1.57. The first-order chi connectivity index (χ1) is 13.0. The van der Waals surface area contributed by atoms with E-state index in [0.29, 0.717) is 17.9 Å². The van der Waals surface area contributed by atoms with Crippen molar-refractivity contribution in [1.82, 2.24) is 9.80 Å². The quantitative estimate of drug-likeness (QED) is 0.819. The highest BCUT2D eigenvalue weighted by Gasteiger charge is 2.46. The summed E-state index contributed by atoms with van der Waals surface area (Å²) < 4.78 is 0. The summed E-state index contributed by atoms with van der Waals surface area (Å²) in [7, 11) is 0. The second-order valence-electron chi connectivity index (χ2n) is 8.37. The summed E-state index contributed by atoms with van der Waals surface area (Å²) in [5.74, 6) is 1.19. The van der Waals surface area contributed by atoms with Crippen LogP contribution in [0.2, 0.25) is 0 Å². The third kappa shape index (κ3) is 3.66. The summed E-state index contributed by atoms with van der Waals surface area (Å²) in [5.41, 5.74) is 5.49. The zero-order valence-electron chi connectivity index (χ0n) is 16.7. The molecule has 0 N–H and O–H groups in total. The molecule has 4 rings (SSSR count). The summed E-state index contributed by atoms with van der Waals surface area (Å²) >= 11 is 0. The summed E-state index contributed by atoms with van der Waals surface area (Å²) in [6.45, 7) is 10.1. The van der Waals surface area contributed by atoms with Gasteiger partial charge in [-0.3, -0.25) is 9.69 Å². The maximum atomic E-state index is 12.3. The molecule has 0 saturated carbocycles. The standard InChI is InChI=1S/C24H30N2O/c1-17-7-6-10-20(13-17)22-16-26(19(3)27)24-11-12-25(15-23(22)24)14-21-9-5-4-8-18(21)2/h4-10,13,22-24H,11-12,14-16H2,1-3H3/t22-,23-,24-/m0/s1. The van der Waals surface area contributed by atoms with Crippen LogP contribution in [-0.4, -0.2) is 41.4 Å². The van der Waals surface area contributed by atoms with Crippen LogP contribution in [-0.2, 0) is 11.3 Å². The van der Waals surface area contributed by atoms with E-state index in [2.05, 4.69) is 72.2 Å². The number of aryl methyl sites for hydroxylation is 2. The van der Waals surface area contributed by atoms with Gasteiger partial charge < -0.3 is 4.90 Å². The Morgan fingerprint density at radius 1 is 1.07 bits per heavy atom. The predicted octanol–water partition coefficient (Wildman–Crippen LogP) is 4.14. The molecule has 0 unspecified atom stereocenters. The van der Waals surface area contributed by atoms with Crippen LogP contribution in [0.25, 0.3) is 0 Å². The van der Waals surface area contributed by atoms with E-state index in [1.165, 1.54) is 22.3 Å². The van der Waals surface area contributed by atoms with Crippen LogP contribution in [0.3, 0.4) is 0 Å². The SMILES string of the molecule is CC(=O)N1C[C@@H](c2cccc(C)c2)[C@@H]2CN(Cc3ccccc3C)CC[C@@H]21. The average molecular weight is 363 g/mol. The number of carbonyl (C=O) groups is 1. The Labute approximate surface area is 163 Å². The average Bonchev–Trinajstić information content (AvgIpc) is 3.03. The van der Waals surface area contributed by atoms with Crippen LogP contribution in [0.5, 0.6) is 0 Å². The van der Waals surface area contributed by atoms with Crippen molar-refractivity contribution in [2.75, 3.05) is 19.6 Å². The molecule has 2 aromatic carbocycles. The van der Waals surface area contributed by atoms with Gasteiger partial charge in [0.1, 0.15) is 0 Å². The van der Waals surface area contributed by atoms with Crippen molar-refractivity contribution in [3.8, 4) is 0 Å². The van der Waals surface area contributed by atoms with Crippen molar-refractivity contribution in [2.45, 2.75) is 45.7 Å². The van der Waals surface area contributed by atoms with Crippen LogP contribution < -0.4 is 0 Å². The molecule has 0 bridgehead atoms. The Morgan fingerprint density at radius 3 is 2.63 bits per heavy atom. The molecule has 2 aliphatic heterocycles. The van der Waals surface area contributed by atoms with E-state index in [0.717, 1.165) is 32.6 Å². The summed E-state index contributed by atoms with van der Waals surface area (Å²) in [6.07, 6.45) is 1.08. The minimum absolute atomic E-state index is 0.229. The van der Waals surface area contributed by atoms with E-state index in [4.69, 9.17) is 0 Å². The minimum Gasteiger partial charge on any atom is -0.339 e.